The number of nitrogens with zero attached hydrogens (tertiary/aromatic N) is 1. The predicted molar refractivity (Wildman–Crippen MR) is 63.3 cm³/mol. The number of likely N-dealkylation sites (N-methyl/N-ethyl adjacent to an activating group) is 1. The number of nitrogens with one attached hydrogen (secondary N) is 2. The van der Waals surface area contributed by atoms with Gasteiger partial charge in [-0.3, -0.25) is 4.90 Å². The third kappa shape index (κ3) is 5.47. The summed E-state index contributed by atoms with van der Waals surface area (Å²) in [5, 5.41) is 6.76. The third-order valence-electron chi connectivity index (χ3n) is 2.75. The van der Waals surface area contributed by atoms with Gasteiger partial charge < -0.3 is 15.4 Å². The molecule has 0 aromatic rings. The molecule has 0 bridgehead atoms. The molecule has 0 unspecified atom stereocenters. The van der Waals surface area contributed by atoms with Crippen molar-refractivity contribution < 1.29 is 4.74 Å². The highest BCUT2D eigenvalue weighted by Crippen LogP contribution is 2.00. The van der Waals surface area contributed by atoms with E-state index in [1.54, 1.807) is 0 Å². The first-order chi connectivity index (χ1) is 7.14. The molecular weight excluding hydrogens is 190 g/mol. The highest BCUT2D eigenvalue weighted by Gasteiger charge is 2.16. The minimum absolute atomic E-state index is 0.182. The Bertz CT molecular complexity index is 167. The molecule has 2 N–H and O–H groups in total. The largest absolute Gasteiger partial charge is 0.379 e. The molecule has 0 saturated carbocycles. The number of ether oxygens (including phenoxy) is 1. The minimum atomic E-state index is 0.182. The van der Waals surface area contributed by atoms with Crippen LogP contribution in [0.5, 0.6) is 0 Å². The smallest absolute Gasteiger partial charge is 0.0594 e. The number of hydrogen-bond donors (Lipinski definition) is 2. The van der Waals surface area contributed by atoms with Gasteiger partial charge in [-0.05, 0) is 20.9 Å². The highest BCUT2D eigenvalue weighted by atomic mass is 16.5. The van der Waals surface area contributed by atoms with Crippen molar-refractivity contribution in [3.05, 3.63) is 0 Å². The Morgan fingerprint density at radius 2 is 1.93 bits per heavy atom. The Morgan fingerprint density at radius 3 is 2.53 bits per heavy atom. The maximum absolute atomic E-state index is 5.31. The van der Waals surface area contributed by atoms with E-state index in [9.17, 15) is 0 Å². The van der Waals surface area contributed by atoms with Crippen LogP contribution in [0.1, 0.15) is 13.8 Å². The molecular formula is C11H25N3O. The highest BCUT2D eigenvalue weighted by molar-refractivity contribution is 4.79. The molecule has 4 nitrogen and oxygen atoms in total. The molecule has 1 aliphatic rings. The molecule has 0 aromatic carbocycles. The average molecular weight is 215 g/mol. The van der Waals surface area contributed by atoms with Gasteiger partial charge in [-0.15, -0.1) is 0 Å². The van der Waals surface area contributed by atoms with Gasteiger partial charge in [-0.25, -0.2) is 0 Å². The lowest BCUT2D eigenvalue weighted by molar-refractivity contribution is 0.0377. The van der Waals surface area contributed by atoms with E-state index in [0.29, 0.717) is 0 Å². The van der Waals surface area contributed by atoms with Gasteiger partial charge in [0.25, 0.3) is 0 Å². The van der Waals surface area contributed by atoms with Gasteiger partial charge in [0.15, 0.2) is 0 Å². The number of rotatable bonds is 6. The van der Waals surface area contributed by atoms with Crippen LogP contribution in [0, 0.1) is 0 Å². The maximum atomic E-state index is 5.31. The van der Waals surface area contributed by atoms with Crippen molar-refractivity contribution in [2.75, 3.05) is 53.0 Å². The Kier molecular flexibility index (Phi) is 5.53. The van der Waals surface area contributed by atoms with E-state index in [2.05, 4.69) is 29.4 Å². The lowest BCUT2D eigenvalue weighted by Crippen LogP contribution is -2.50. The lowest BCUT2D eigenvalue weighted by Gasteiger charge is -2.30. The fourth-order valence-corrected chi connectivity index (χ4v) is 1.88. The van der Waals surface area contributed by atoms with Crippen LogP contribution in [0.15, 0.2) is 0 Å². The topological polar surface area (TPSA) is 36.5 Å². The third-order valence-corrected chi connectivity index (χ3v) is 2.75. The molecule has 0 radical (unpaired) electrons. The summed E-state index contributed by atoms with van der Waals surface area (Å²) in [4.78, 5) is 2.45. The Balaban J connectivity index is 2.09. The fourth-order valence-electron chi connectivity index (χ4n) is 1.88. The van der Waals surface area contributed by atoms with E-state index in [0.717, 1.165) is 45.9 Å². The van der Waals surface area contributed by atoms with Crippen LogP contribution in [-0.4, -0.2) is 63.4 Å². The molecule has 15 heavy (non-hydrogen) atoms. The van der Waals surface area contributed by atoms with Crippen molar-refractivity contribution in [2.24, 2.45) is 0 Å². The second-order valence-corrected chi connectivity index (χ2v) is 4.80. The number of morpholine rings is 1. The molecule has 0 atom stereocenters. The van der Waals surface area contributed by atoms with Crippen molar-refractivity contribution in [1.82, 2.24) is 15.5 Å². The van der Waals surface area contributed by atoms with Crippen molar-refractivity contribution in [2.45, 2.75) is 19.4 Å². The molecule has 0 aliphatic carbocycles. The standard InChI is InChI=1S/C11H25N3O/c1-11(2,10-12-3)13-4-5-14-6-8-15-9-7-14/h12-13H,4-10H2,1-3H3. The van der Waals surface area contributed by atoms with Gasteiger partial charge in [0.1, 0.15) is 0 Å². The van der Waals surface area contributed by atoms with Gasteiger partial charge in [0, 0.05) is 38.3 Å². The molecule has 1 heterocycles. The first-order valence-corrected chi connectivity index (χ1v) is 5.84. The summed E-state index contributed by atoms with van der Waals surface area (Å²) in [6.45, 7) is 11.6. The maximum Gasteiger partial charge on any atom is 0.0594 e. The van der Waals surface area contributed by atoms with E-state index in [1.165, 1.54) is 0 Å². The molecule has 4 heteroatoms. The summed E-state index contributed by atoms with van der Waals surface area (Å²) < 4.78 is 5.31. The van der Waals surface area contributed by atoms with E-state index in [4.69, 9.17) is 4.74 Å². The van der Waals surface area contributed by atoms with E-state index >= 15 is 0 Å². The Hall–Kier alpha value is -0.160. The van der Waals surface area contributed by atoms with Gasteiger partial charge in [-0.1, -0.05) is 0 Å². The van der Waals surface area contributed by atoms with Crippen molar-refractivity contribution >= 4 is 0 Å². The molecule has 90 valence electrons. The fraction of sp³-hybridized carbons (Fsp3) is 1.00. The monoisotopic (exact) mass is 215 g/mol. The summed E-state index contributed by atoms with van der Waals surface area (Å²) in [7, 11) is 1.99. The Labute approximate surface area is 93.4 Å². The zero-order valence-corrected chi connectivity index (χ0v) is 10.3. The van der Waals surface area contributed by atoms with Crippen molar-refractivity contribution in [1.29, 1.82) is 0 Å². The van der Waals surface area contributed by atoms with Crippen LogP contribution < -0.4 is 10.6 Å². The molecule has 1 fully saturated rings. The molecule has 1 rings (SSSR count). The average Bonchev–Trinajstić information content (AvgIpc) is 2.19. The van der Waals surface area contributed by atoms with Gasteiger partial charge in [-0.2, -0.15) is 0 Å². The van der Waals surface area contributed by atoms with Gasteiger partial charge >= 0.3 is 0 Å². The quantitative estimate of drug-likeness (QED) is 0.649. The summed E-state index contributed by atoms with van der Waals surface area (Å²) in [5.74, 6) is 0. The van der Waals surface area contributed by atoms with E-state index < -0.39 is 0 Å². The SMILES string of the molecule is CNCC(C)(C)NCCN1CCOCC1. The summed E-state index contributed by atoms with van der Waals surface area (Å²) in [6, 6.07) is 0. The molecule has 0 aromatic heterocycles. The first-order valence-electron chi connectivity index (χ1n) is 5.84. The lowest BCUT2D eigenvalue weighted by atomic mass is 10.1. The molecule has 1 saturated heterocycles. The van der Waals surface area contributed by atoms with Gasteiger partial charge in [0.05, 0.1) is 13.2 Å². The minimum Gasteiger partial charge on any atom is -0.379 e. The molecule has 1 aliphatic heterocycles. The summed E-state index contributed by atoms with van der Waals surface area (Å²) in [6.07, 6.45) is 0. The summed E-state index contributed by atoms with van der Waals surface area (Å²) in [5.41, 5.74) is 0.182. The van der Waals surface area contributed by atoms with Gasteiger partial charge in [0.2, 0.25) is 0 Å². The second-order valence-electron chi connectivity index (χ2n) is 4.80. The van der Waals surface area contributed by atoms with Crippen molar-refractivity contribution in [3.63, 3.8) is 0 Å². The van der Waals surface area contributed by atoms with Crippen LogP contribution in [-0.2, 0) is 4.74 Å². The van der Waals surface area contributed by atoms with E-state index in [-0.39, 0.29) is 5.54 Å². The number of hydrogen-bond acceptors (Lipinski definition) is 4. The van der Waals surface area contributed by atoms with Crippen LogP contribution in [0.3, 0.4) is 0 Å². The van der Waals surface area contributed by atoms with E-state index in [1.807, 2.05) is 7.05 Å². The molecule has 0 amide bonds. The van der Waals surface area contributed by atoms with Crippen LogP contribution >= 0.6 is 0 Å². The van der Waals surface area contributed by atoms with Crippen LogP contribution in [0.2, 0.25) is 0 Å². The van der Waals surface area contributed by atoms with Crippen LogP contribution in [0.25, 0.3) is 0 Å². The molecule has 0 spiro atoms. The zero-order valence-electron chi connectivity index (χ0n) is 10.3. The normalized spacial score (nSPS) is 19.4. The Morgan fingerprint density at radius 1 is 1.27 bits per heavy atom. The van der Waals surface area contributed by atoms with Crippen LogP contribution in [0.4, 0.5) is 0 Å². The second kappa shape index (κ2) is 6.43. The first kappa shape index (κ1) is 12.9. The summed E-state index contributed by atoms with van der Waals surface area (Å²) >= 11 is 0. The van der Waals surface area contributed by atoms with Crippen molar-refractivity contribution in [3.8, 4) is 0 Å². The zero-order chi connectivity index (χ0) is 11.1. The predicted octanol–water partition coefficient (Wildman–Crippen LogP) is -0.0938.